The van der Waals surface area contributed by atoms with Crippen LogP contribution in [-0.2, 0) is 4.79 Å². The number of benzene rings is 2. The van der Waals surface area contributed by atoms with Crippen LogP contribution in [0.5, 0.6) is 5.75 Å². The molecule has 2 fully saturated rings. The standard InChI is InChI=1S/C28H26ClFN2O5/c29-22-10-12-24(37-15-17-3-4-17)25(26(22)30)19-7-11-23(32(36)14-19)21(13-16-1-2-16)27(33)31-20-8-5-18(6-9-20)28(34)35/h5-12,14,16-17,21H,1-4,13,15H2,(H,31,33)(H,34,35)/t21-/m0/s1. The molecule has 2 aromatic carbocycles. The highest BCUT2D eigenvalue weighted by Crippen LogP contribution is 2.40. The van der Waals surface area contributed by atoms with E-state index in [0.717, 1.165) is 25.7 Å². The molecule has 1 heterocycles. The molecule has 0 bridgehead atoms. The van der Waals surface area contributed by atoms with E-state index < -0.39 is 17.7 Å². The van der Waals surface area contributed by atoms with E-state index in [1.807, 2.05) is 0 Å². The average Bonchev–Trinajstić information content (AvgIpc) is 3.80. The molecule has 2 aliphatic rings. The van der Waals surface area contributed by atoms with Gasteiger partial charge in [0, 0.05) is 11.8 Å². The molecule has 3 aromatic rings. The molecule has 0 spiro atoms. The fraction of sp³-hybridized carbons (Fsp3) is 0.321. The van der Waals surface area contributed by atoms with Crippen molar-refractivity contribution >= 4 is 29.2 Å². The lowest BCUT2D eigenvalue weighted by atomic mass is 9.95. The van der Waals surface area contributed by atoms with Gasteiger partial charge in [-0.05, 0) is 73.6 Å². The minimum absolute atomic E-state index is 0.0739. The van der Waals surface area contributed by atoms with E-state index in [2.05, 4.69) is 5.32 Å². The summed E-state index contributed by atoms with van der Waals surface area (Å²) < 4.78 is 21.5. The molecular formula is C28H26ClFN2O5. The highest BCUT2D eigenvalue weighted by atomic mass is 35.5. The minimum atomic E-state index is -1.06. The minimum Gasteiger partial charge on any atom is -0.618 e. The Morgan fingerprint density at radius 2 is 1.78 bits per heavy atom. The van der Waals surface area contributed by atoms with Gasteiger partial charge in [0.2, 0.25) is 11.6 Å². The van der Waals surface area contributed by atoms with Crippen molar-refractivity contribution in [2.45, 2.75) is 38.0 Å². The number of carbonyl (C=O) groups is 2. The number of anilines is 1. The molecule has 1 atom stereocenters. The molecule has 1 aromatic heterocycles. The third-order valence-corrected chi connectivity index (χ3v) is 7.09. The third-order valence-electron chi connectivity index (χ3n) is 6.80. The van der Waals surface area contributed by atoms with Crippen molar-refractivity contribution in [2.75, 3.05) is 11.9 Å². The molecule has 1 amide bonds. The number of nitrogens with zero attached hydrogens (tertiary/aromatic N) is 1. The SMILES string of the molecule is O=C(O)c1ccc(NC(=O)[C@@H](CC2CC2)c2ccc(-c3c(OCC4CC4)ccc(Cl)c3F)c[n+]2[O-])cc1. The lowest BCUT2D eigenvalue weighted by molar-refractivity contribution is -0.614. The number of nitrogens with one attached hydrogen (secondary N) is 1. The maximum atomic E-state index is 15.1. The summed E-state index contributed by atoms with van der Waals surface area (Å²) in [4.78, 5) is 24.3. The number of hydrogen-bond donors (Lipinski definition) is 2. The fourth-order valence-electron chi connectivity index (χ4n) is 4.30. The number of ether oxygens (including phenoxy) is 1. The molecule has 2 aliphatic carbocycles. The number of amides is 1. The van der Waals surface area contributed by atoms with E-state index in [4.69, 9.17) is 21.4 Å². The molecule has 9 heteroatoms. The number of aromatic nitrogens is 1. The van der Waals surface area contributed by atoms with Gasteiger partial charge >= 0.3 is 5.97 Å². The fourth-order valence-corrected chi connectivity index (χ4v) is 4.46. The van der Waals surface area contributed by atoms with Crippen molar-refractivity contribution in [1.29, 1.82) is 0 Å². The Morgan fingerprint density at radius 3 is 2.41 bits per heavy atom. The Morgan fingerprint density at radius 1 is 1.08 bits per heavy atom. The predicted molar refractivity (Wildman–Crippen MR) is 136 cm³/mol. The molecule has 192 valence electrons. The van der Waals surface area contributed by atoms with Crippen molar-refractivity contribution in [2.24, 2.45) is 11.8 Å². The Labute approximate surface area is 218 Å². The van der Waals surface area contributed by atoms with E-state index in [1.165, 1.54) is 36.5 Å². The molecule has 2 N–H and O–H groups in total. The van der Waals surface area contributed by atoms with Gasteiger partial charge in [-0.1, -0.05) is 24.4 Å². The molecule has 37 heavy (non-hydrogen) atoms. The maximum Gasteiger partial charge on any atom is 0.335 e. The van der Waals surface area contributed by atoms with E-state index in [9.17, 15) is 14.8 Å². The summed E-state index contributed by atoms with van der Waals surface area (Å²) in [6, 6.07) is 12.0. The molecule has 0 radical (unpaired) electrons. The Balaban J connectivity index is 1.42. The first kappa shape index (κ1) is 25.0. The lowest BCUT2D eigenvalue weighted by Gasteiger charge is -2.18. The van der Waals surface area contributed by atoms with Gasteiger partial charge in [-0.3, -0.25) is 4.79 Å². The molecule has 2 saturated carbocycles. The van der Waals surface area contributed by atoms with E-state index in [1.54, 1.807) is 18.2 Å². The van der Waals surface area contributed by atoms with Gasteiger partial charge in [-0.15, -0.1) is 0 Å². The van der Waals surface area contributed by atoms with Crippen molar-refractivity contribution in [3.63, 3.8) is 0 Å². The molecule has 7 nitrogen and oxygen atoms in total. The summed E-state index contributed by atoms with van der Waals surface area (Å²) in [5.41, 5.74) is 1.21. The van der Waals surface area contributed by atoms with Crippen LogP contribution in [0.15, 0.2) is 54.7 Å². The number of carboxylic acid groups (broad SMARTS) is 1. The molecule has 0 unspecified atom stereocenters. The number of pyridine rings is 1. The molecular weight excluding hydrogens is 499 g/mol. The van der Waals surface area contributed by atoms with Crippen LogP contribution in [0, 0.1) is 22.9 Å². The van der Waals surface area contributed by atoms with Crippen LogP contribution >= 0.6 is 11.6 Å². The van der Waals surface area contributed by atoms with Crippen LogP contribution in [0.3, 0.4) is 0 Å². The van der Waals surface area contributed by atoms with E-state index in [-0.39, 0.29) is 27.8 Å². The van der Waals surface area contributed by atoms with Crippen molar-refractivity contribution in [3.8, 4) is 16.9 Å². The third kappa shape index (κ3) is 5.85. The van der Waals surface area contributed by atoms with Gasteiger partial charge in [0.1, 0.15) is 11.7 Å². The summed E-state index contributed by atoms with van der Waals surface area (Å²) in [6.45, 7) is 0.473. The zero-order chi connectivity index (χ0) is 26.1. The van der Waals surface area contributed by atoms with Crippen LogP contribution in [0.2, 0.25) is 5.02 Å². The highest BCUT2D eigenvalue weighted by molar-refractivity contribution is 6.31. The second-order valence-electron chi connectivity index (χ2n) is 9.76. The number of carbonyl (C=O) groups excluding carboxylic acids is 1. The average molecular weight is 525 g/mol. The maximum absolute atomic E-state index is 15.1. The first-order valence-electron chi connectivity index (χ1n) is 12.3. The first-order chi connectivity index (χ1) is 17.8. The Kier molecular flexibility index (Phi) is 7.02. The van der Waals surface area contributed by atoms with Crippen molar-refractivity contribution in [3.05, 3.63) is 82.0 Å². The zero-order valence-electron chi connectivity index (χ0n) is 20.0. The van der Waals surface area contributed by atoms with Crippen LogP contribution < -0.4 is 14.8 Å². The smallest absolute Gasteiger partial charge is 0.335 e. The van der Waals surface area contributed by atoms with Gasteiger partial charge in [-0.25, -0.2) is 9.18 Å². The van der Waals surface area contributed by atoms with Crippen molar-refractivity contribution in [1.82, 2.24) is 0 Å². The first-order valence-corrected chi connectivity index (χ1v) is 12.7. The number of aromatic carboxylic acids is 1. The van der Waals surface area contributed by atoms with Crippen LogP contribution in [0.4, 0.5) is 10.1 Å². The van der Waals surface area contributed by atoms with Gasteiger partial charge in [0.15, 0.2) is 12.0 Å². The normalized spacial score (nSPS) is 15.7. The topological polar surface area (TPSA) is 103 Å². The summed E-state index contributed by atoms with van der Waals surface area (Å²) in [5, 5.41) is 25.0. The van der Waals surface area contributed by atoms with Gasteiger partial charge in [0.25, 0.3) is 0 Å². The summed E-state index contributed by atoms with van der Waals surface area (Å²) in [5.74, 6) is -1.70. The highest BCUT2D eigenvalue weighted by Gasteiger charge is 2.35. The number of rotatable bonds is 10. The Hall–Kier alpha value is -3.65. The van der Waals surface area contributed by atoms with Gasteiger partial charge in [0.05, 0.1) is 28.3 Å². The van der Waals surface area contributed by atoms with Crippen molar-refractivity contribution < 1.29 is 28.6 Å². The lowest BCUT2D eigenvalue weighted by Crippen LogP contribution is -2.37. The van der Waals surface area contributed by atoms with Crippen LogP contribution in [0.1, 0.15) is 54.1 Å². The summed E-state index contributed by atoms with van der Waals surface area (Å²) in [6.07, 6.45) is 5.89. The number of carboxylic acids is 1. The Bertz CT molecular complexity index is 1340. The van der Waals surface area contributed by atoms with E-state index in [0.29, 0.717) is 46.6 Å². The molecule has 0 aliphatic heterocycles. The number of hydrogen-bond acceptors (Lipinski definition) is 4. The zero-order valence-corrected chi connectivity index (χ0v) is 20.7. The van der Waals surface area contributed by atoms with Crippen LogP contribution in [0.25, 0.3) is 11.1 Å². The molecule has 5 rings (SSSR count). The van der Waals surface area contributed by atoms with Crippen LogP contribution in [-0.4, -0.2) is 23.6 Å². The van der Waals surface area contributed by atoms with Gasteiger partial charge < -0.3 is 20.4 Å². The largest absolute Gasteiger partial charge is 0.618 e. The quantitative estimate of drug-likeness (QED) is 0.258. The van der Waals surface area contributed by atoms with Gasteiger partial charge in [-0.2, -0.15) is 4.73 Å². The second kappa shape index (κ2) is 10.4. The predicted octanol–water partition coefficient (Wildman–Crippen LogP) is 5.79. The summed E-state index contributed by atoms with van der Waals surface area (Å²) in [7, 11) is 0. The number of halogens is 2. The second-order valence-corrected chi connectivity index (χ2v) is 10.2. The summed E-state index contributed by atoms with van der Waals surface area (Å²) >= 11 is 6.04. The monoisotopic (exact) mass is 524 g/mol. The molecule has 0 saturated heterocycles. The van der Waals surface area contributed by atoms with E-state index >= 15 is 4.39 Å².